The van der Waals surface area contributed by atoms with E-state index in [9.17, 15) is 4.79 Å². The first kappa shape index (κ1) is 11.1. The molecule has 1 aliphatic rings. The smallest absolute Gasteiger partial charge is 0.237 e. The molecule has 14 heavy (non-hydrogen) atoms. The van der Waals surface area contributed by atoms with Crippen molar-refractivity contribution in [3.8, 4) is 12.3 Å². The summed E-state index contributed by atoms with van der Waals surface area (Å²) in [6.07, 6.45) is 7.40. The first-order valence-corrected chi connectivity index (χ1v) is 5.10. The zero-order valence-electron chi connectivity index (χ0n) is 8.84. The Morgan fingerprint density at radius 2 is 2.29 bits per heavy atom. The van der Waals surface area contributed by atoms with E-state index in [0.29, 0.717) is 12.6 Å². The second kappa shape index (κ2) is 5.02. The molecular formula is C11H18N2O. The third kappa shape index (κ3) is 3.04. The Morgan fingerprint density at radius 1 is 1.64 bits per heavy atom. The van der Waals surface area contributed by atoms with Crippen molar-refractivity contribution in [1.29, 1.82) is 0 Å². The molecule has 0 aromatic carbocycles. The number of carbonyl (C=O) groups is 1. The molecule has 1 amide bonds. The molecule has 1 atom stereocenters. The van der Waals surface area contributed by atoms with Gasteiger partial charge in [0.25, 0.3) is 0 Å². The van der Waals surface area contributed by atoms with E-state index in [1.807, 2.05) is 6.92 Å². The number of nitrogens with one attached hydrogen (secondary N) is 2. The van der Waals surface area contributed by atoms with Gasteiger partial charge in [0.05, 0.1) is 12.6 Å². The van der Waals surface area contributed by atoms with Crippen molar-refractivity contribution in [2.24, 2.45) is 5.92 Å². The predicted octanol–water partition coefficient (Wildman–Crippen LogP) is 0.512. The number of hydrogen-bond donors (Lipinski definition) is 2. The fourth-order valence-electron chi connectivity index (χ4n) is 1.76. The van der Waals surface area contributed by atoms with E-state index in [1.54, 1.807) is 0 Å². The normalized spacial score (nSPS) is 27.2. The molecule has 1 rings (SSSR count). The van der Waals surface area contributed by atoms with Crippen molar-refractivity contribution in [1.82, 2.24) is 10.6 Å². The molecule has 0 heterocycles. The van der Waals surface area contributed by atoms with E-state index < -0.39 is 0 Å². The van der Waals surface area contributed by atoms with Crippen LogP contribution in [0.3, 0.4) is 0 Å². The van der Waals surface area contributed by atoms with Gasteiger partial charge in [-0.25, -0.2) is 0 Å². The standard InChI is InChI=1S/C11H18N2O/c1-4-5-12-11(14)9(3)13-10-6-8(2)7-10/h1,8-10,13H,5-7H2,2-3H3,(H,12,14). The van der Waals surface area contributed by atoms with Gasteiger partial charge in [-0.3, -0.25) is 4.79 Å². The molecule has 1 fully saturated rings. The van der Waals surface area contributed by atoms with E-state index >= 15 is 0 Å². The topological polar surface area (TPSA) is 41.1 Å². The summed E-state index contributed by atoms with van der Waals surface area (Å²) in [4.78, 5) is 11.4. The highest BCUT2D eigenvalue weighted by Gasteiger charge is 2.27. The third-order valence-electron chi connectivity index (χ3n) is 2.62. The lowest BCUT2D eigenvalue weighted by molar-refractivity contribution is -0.122. The molecule has 2 N–H and O–H groups in total. The van der Waals surface area contributed by atoms with E-state index in [4.69, 9.17) is 6.42 Å². The van der Waals surface area contributed by atoms with Gasteiger partial charge in [-0.1, -0.05) is 12.8 Å². The minimum absolute atomic E-state index is 0.0116. The van der Waals surface area contributed by atoms with Gasteiger partial charge < -0.3 is 10.6 Å². The van der Waals surface area contributed by atoms with Crippen LogP contribution >= 0.6 is 0 Å². The summed E-state index contributed by atoms with van der Waals surface area (Å²) < 4.78 is 0. The van der Waals surface area contributed by atoms with Crippen molar-refractivity contribution in [3.63, 3.8) is 0 Å². The monoisotopic (exact) mass is 194 g/mol. The molecule has 3 heteroatoms. The van der Waals surface area contributed by atoms with Crippen molar-refractivity contribution in [3.05, 3.63) is 0 Å². The zero-order valence-corrected chi connectivity index (χ0v) is 8.84. The largest absolute Gasteiger partial charge is 0.344 e. The first-order chi connectivity index (χ1) is 6.63. The summed E-state index contributed by atoms with van der Waals surface area (Å²) in [6, 6.07) is 0.373. The maximum Gasteiger partial charge on any atom is 0.237 e. The number of terminal acetylenes is 1. The van der Waals surface area contributed by atoms with Crippen LogP contribution in [0.25, 0.3) is 0 Å². The summed E-state index contributed by atoms with van der Waals surface area (Å²) in [5, 5.41) is 5.93. The summed E-state index contributed by atoms with van der Waals surface area (Å²) in [5.41, 5.74) is 0. The Labute approximate surface area is 85.6 Å². The van der Waals surface area contributed by atoms with Crippen LogP contribution in [0.15, 0.2) is 0 Å². The van der Waals surface area contributed by atoms with Gasteiger partial charge >= 0.3 is 0 Å². The second-order valence-electron chi connectivity index (χ2n) is 4.08. The highest BCUT2D eigenvalue weighted by molar-refractivity contribution is 5.81. The maximum atomic E-state index is 11.4. The average Bonchev–Trinajstić information content (AvgIpc) is 2.11. The van der Waals surface area contributed by atoms with Crippen LogP contribution in [0.4, 0.5) is 0 Å². The highest BCUT2D eigenvalue weighted by Crippen LogP contribution is 2.26. The SMILES string of the molecule is C#CCNC(=O)C(C)NC1CC(C)C1. The second-order valence-corrected chi connectivity index (χ2v) is 4.08. The Bertz CT molecular complexity index is 238. The summed E-state index contributed by atoms with van der Waals surface area (Å²) in [6.45, 7) is 4.40. The Hall–Kier alpha value is -1.01. The molecule has 1 aliphatic carbocycles. The van der Waals surface area contributed by atoms with Crippen LogP contribution in [-0.2, 0) is 4.79 Å². The van der Waals surface area contributed by atoms with Gasteiger partial charge in [0.1, 0.15) is 0 Å². The van der Waals surface area contributed by atoms with Gasteiger partial charge in [-0.05, 0) is 25.7 Å². The van der Waals surface area contributed by atoms with Crippen molar-refractivity contribution in [2.75, 3.05) is 6.54 Å². The van der Waals surface area contributed by atoms with Crippen LogP contribution in [0.5, 0.6) is 0 Å². The molecule has 78 valence electrons. The highest BCUT2D eigenvalue weighted by atomic mass is 16.2. The fraction of sp³-hybridized carbons (Fsp3) is 0.727. The minimum Gasteiger partial charge on any atom is -0.344 e. The van der Waals surface area contributed by atoms with Gasteiger partial charge in [-0.2, -0.15) is 0 Å². The molecule has 3 nitrogen and oxygen atoms in total. The number of hydrogen-bond acceptors (Lipinski definition) is 2. The molecule has 0 radical (unpaired) electrons. The fourth-order valence-corrected chi connectivity index (χ4v) is 1.76. The molecular weight excluding hydrogens is 176 g/mol. The molecule has 0 aliphatic heterocycles. The van der Waals surface area contributed by atoms with Gasteiger partial charge in [0.2, 0.25) is 5.91 Å². The van der Waals surface area contributed by atoms with E-state index in [0.717, 1.165) is 5.92 Å². The molecule has 0 saturated heterocycles. The van der Waals surface area contributed by atoms with Gasteiger partial charge in [0, 0.05) is 6.04 Å². The number of carbonyl (C=O) groups excluding carboxylic acids is 1. The molecule has 0 bridgehead atoms. The van der Waals surface area contributed by atoms with Crippen LogP contribution in [0.1, 0.15) is 26.7 Å². The first-order valence-electron chi connectivity index (χ1n) is 5.10. The van der Waals surface area contributed by atoms with Crippen LogP contribution in [0.2, 0.25) is 0 Å². The average molecular weight is 194 g/mol. The number of amides is 1. The van der Waals surface area contributed by atoms with E-state index in [1.165, 1.54) is 12.8 Å². The van der Waals surface area contributed by atoms with Gasteiger partial charge in [0.15, 0.2) is 0 Å². The minimum atomic E-state index is -0.138. The summed E-state index contributed by atoms with van der Waals surface area (Å²) in [7, 11) is 0. The Morgan fingerprint density at radius 3 is 2.79 bits per heavy atom. The summed E-state index contributed by atoms with van der Waals surface area (Å²) >= 11 is 0. The maximum absolute atomic E-state index is 11.4. The molecule has 1 unspecified atom stereocenters. The molecule has 0 spiro atoms. The zero-order chi connectivity index (χ0) is 10.6. The van der Waals surface area contributed by atoms with Crippen molar-refractivity contribution >= 4 is 5.91 Å². The van der Waals surface area contributed by atoms with Crippen LogP contribution in [-0.4, -0.2) is 24.5 Å². The van der Waals surface area contributed by atoms with E-state index in [2.05, 4.69) is 23.5 Å². The van der Waals surface area contributed by atoms with Crippen LogP contribution < -0.4 is 10.6 Å². The van der Waals surface area contributed by atoms with Gasteiger partial charge in [-0.15, -0.1) is 6.42 Å². The Kier molecular flexibility index (Phi) is 3.97. The molecule has 0 aromatic heterocycles. The lowest BCUT2D eigenvalue weighted by atomic mass is 9.81. The summed E-state index contributed by atoms with van der Waals surface area (Å²) in [5.74, 6) is 3.17. The molecule has 0 aromatic rings. The lowest BCUT2D eigenvalue weighted by Crippen LogP contribution is -2.50. The lowest BCUT2D eigenvalue weighted by Gasteiger charge is -2.35. The third-order valence-corrected chi connectivity index (χ3v) is 2.62. The van der Waals surface area contributed by atoms with Crippen LogP contribution in [0, 0.1) is 18.3 Å². The Balaban J connectivity index is 2.18. The van der Waals surface area contributed by atoms with Crippen molar-refractivity contribution < 1.29 is 4.79 Å². The van der Waals surface area contributed by atoms with Crippen molar-refractivity contribution in [2.45, 2.75) is 38.8 Å². The number of rotatable bonds is 4. The quantitative estimate of drug-likeness (QED) is 0.640. The predicted molar refractivity (Wildman–Crippen MR) is 56.6 cm³/mol. The molecule has 1 saturated carbocycles. The van der Waals surface area contributed by atoms with E-state index in [-0.39, 0.29) is 11.9 Å².